The fraction of sp³-hybridized carbons (Fsp3) is 0.562. The number of aliphatic hydroxyl groups is 1. The summed E-state index contributed by atoms with van der Waals surface area (Å²) in [6, 6.07) is 8.22. The van der Waals surface area contributed by atoms with Crippen LogP contribution in [0.3, 0.4) is 0 Å². The molecule has 1 saturated heterocycles. The normalized spacial score (nSPS) is 21.1. The molecule has 0 saturated carbocycles. The van der Waals surface area contributed by atoms with E-state index in [-0.39, 0.29) is 18.3 Å². The molecule has 0 aliphatic carbocycles. The number of hydrogen-bond donors (Lipinski definition) is 2. The quantitative estimate of drug-likeness (QED) is 0.873. The summed E-state index contributed by atoms with van der Waals surface area (Å²) in [7, 11) is 1.89. The first-order valence-corrected chi connectivity index (χ1v) is 7.20. The molecule has 0 amide bonds. The van der Waals surface area contributed by atoms with Crippen LogP contribution in [0.5, 0.6) is 0 Å². The van der Waals surface area contributed by atoms with Gasteiger partial charge in [-0.15, -0.1) is 0 Å². The summed E-state index contributed by atoms with van der Waals surface area (Å²) in [5, 5.41) is 21.9. The number of anilines is 1. The van der Waals surface area contributed by atoms with E-state index in [1.165, 1.54) is 0 Å². The third kappa shape index (κ3) is 3.73. The average molecular weight is 289 g/mol. The third-order valence-electron chi connectivity index (χ3n) is 3.59. The fourth-order valence-electron chi connectivity index (χ4n) is 2.84. The number of ether oxygens (including phenoxy) is 1. The minimum Gasteiger partial charge on any atom is -0.394 e. The molecule has 1 aliphatic heterocycles. The first kappa shape index (κ1) is 15.8. The maximum Gasteiger partial charge on any atom is 0.101 e. The second-order valence-corrected chi connectivity index (χ2v) is 6.06. The maximum atomic E-state index is 9.42. The highest BCUT2D eigenvalue weighted by Crippen LogP contribution is 2.29. The highest BCUT2D eigenvalue weighted by atomic mass is 16.5. The van der Waals surface area contributed by atoms with Crippen molar-refractivity contribution in [2.45, 2.75) is 32.1 Å². The summed E-state index contributed by atoms with van der Waals surface area (Å²) in [4.78, 5) is 2.13. The third-order valence-corrected chi connectivity index (χ3v) is 3.59. The van der Waals surface area contributed by atoms with Gasteiger partial charge in [0.25, 0.3) is 0 Å². The Labute approximate surface area is 126 Å². The van der Waals surface area contributed by atoms with Gasteiger partial charge in [0.05, 0.1) is 29.6 Å². The van der Waals surface area contributed by atoms with E-state index in [0.717, 1.165) is 17.8 Å². The molecule has 21 heavy (non-hydrogen) atoms. The lowest BCUT2D eigenvalue weighted by Gasteiger charge is -2.43. The van der Waals surface area contributed by atoms with E-state index in [0.29, 0.717) is 18.7 Å². The molecule has 1 aromatic carbocycles. The van der Waals surface area contributed by atoms with Crippen LogP contribution >= 0.6 is 0 Å². The number of aliphatic hydroxyl groups excluding tert-OH is 1. The van der Waals surface area contributed by atoms with Crippen molar-refractivity contribution in [2.75, 3.05) is 31.6 Å². The van der Waals surface area contributed by atoms with Crippen LogP contribution in [-0.2, 0) is 11.3 Å². The van der Waals surface area contributed by atoms with Crippen LogP contribution in [0.2, 0.25) is 0 Å². The molecule has 0 bridgehead atoms. The van der Waals surface area contributed by atoms with E-state index in [1.54, 1.807) is 0 Å². The summed E-state index contributed by atoms with van der Waals surface area (Å²) < 4.78 is 5.83. The Morgan fingerprint density at radius 3 is 2.90 bits per heavy atom. The van der Waals surface area contributed by atoms with Gasteiger partial charge in [0.2, 0.25) is 0 Å². The Bertz CT molecular complexity index is 537. The molecular formula is C16H23N3O2. The van der Waals surface area contributed by atoms with E-state index >= 15 is 0 Å². The Balaban J connectivity index is 2.30. The summed E-state index contributed by atoms with van der Waals surface area (Å²) in [5.41, 5.74) is 2.32. The van der Waals surface area contributed by atoms with Crippen LogP contribution in [0.4, 0.5) is 5.69 Å². The number of rotatable bonds is 4. The zero-order valence-corrected chi connectivity index (χ0v) is 12.9. The second-order valence-electron chi connectivity index (χ2n) is 6.06. The van der Waals surface area contributed by atoms with Gasteiger partial charge in [-0.1, -0.05) is 6.07 Å². The Hall–Kier alpha value is -1.61. The highest BCUT2D eigenvalue weighted by molar-refractivity contribution is 5.61. The molecule has 0 radical (unpaired) electrons. The molecule has 1 aromatic rings. The van der Waals surface area contributed by atoms with E-state index in [1.807, 2.05) is 39.1 Å². The summed E-state index contributed by atoms with van der Waals surface area (Å²) in [6.07, 6.45) is -0.225. The van der Waals surface area contributed by atoms with Gasteiger partial charge in [0.1, 0.15) is 6.07 Å². The predicted molar refractivity (Wildman–Crippen MR) is 82.2 cm³/mol. The topological polar surface area (TPSA) is 68.5 Å². The van der Waals surface area contributed by atoms with Gasteiger partial charge in [-0.2, -0.15) is 5.26 Å². The van der Waals surface area contributed by atoms with Crippen molar-refractivity contribution in [3.8, 4) is 6.07 Å². The summed E-state index contributed by atoms with van der Waals surface area (Å²) in [5.74, 6) is 0. The Morgan fingerprint density at radius 2 is 2.29 bits per heavy atom. The highest BCUT2D eigenvalue weighted by Gasteiger charge is 2.33. The molecule has 0 spiro atoms. The lowest BCUT2D eigenvalue weighted by Crippen LogP contribution is -2.54. The number of nitrogens with zero attached hydrogens (tertiary/aromatic N) is 2. The molecule has 1 unspecified atom stereocenters. The van der Waals surface area contributed by atoms with Crippen LogP contribution in [0.15, 0.2) is 18.2 Å². The van der Waals surface area contributed by atoms with Crippen LogP contribution in [-0.4, -0.2) is 43.6 Å². The number of nitriles is 1. The van der Waals surface area contributed by atoms with E-state index in [4.69, 9.17) is 4.74 Å². The largest absolute Gasteiger partial charge is 0.394 e. The molecule has 114 valence electrons. The van der Waals surface area contributed by atoms with Crippen molar-refractivity contribution in [3.63, 3.8) is 0 Å². The van der Waals surface area contributed by atoms with Gasteiger partial charge in [0, 0.05) is 19.6 Å². The zero-order chi connectivity index (χ0) is 15.5. The number of nitrogens with one attached hydrogen (secondary N) is 1. The van der Waals surface area contributed by atoms with Crippen molar-refractivity contribution in [1.29, 1.82) is 5.26 Å². The molecule has 1 aliphatic rings. The Morgan fingerprint density at radius 1 is 1.52 bits per heavy atom. The predicted octanol–water partition coefficient (Wildman–Crippen LogP) is 1.25. The number of hydrogen-bond acceptors (Lipinski definition) is 5. The molecule has 2 rings (SSSR count). The van der Waals surface area contributed by atoms with Gasteiger partial charge in [-0.25, -0.2) is 0 Å². The standard InChI is InChI=1S/C16H23N3O2/c1-16(2)11-19(9-14(10-20)21-16)15-5-4-12(8-18-3)6-13(15)7-17/h4-6,14,18,20H,8-11H2,1-3H3. The molecule has 0 aromatic heterocycles. The van der Waals surface area contributed by atoms with Crippen molar-refractivity contribution in [3.05, 3.63) is 29.3 Å². The van der Waals surface area contributed by atoms with E-state index in [9.17, 15) is 10.4 Å². The smallest absolute Gasteiger partial charge is 0.101 e. The van der Waals surface area contributed by atoms with Crippen molar-refractivity contribution in [2.24, 2.45) is 0 Å². The van der Waals surface area contributed by atoms with Crippen molar-refractivity contribution in [1.82, 2.24) is 5.32 Å². The summed E-state index contributed by atoms with van der Waals surface area (Å²) in [6.45, 7) is 6.03. The number of morpholine rings is 1. The molecule has 2 N–H and O–H groups in total. The van der Waals surface area contributed by atoms with E-state index in [2.05, 4.69) is 16.3 Å². The van der Waals surface area contributed by atoms with Crippen LogP contribution in [0, 0.1) is 11.3 Å². The Kier molecular flexibility index (Phi) is 4.84. The van der Waals surface area contributed by atoms with Crippen LogP contribution in [0.25, 0.3) is 0 Å². The van der Waals surface area contributed by atoms with Gasteiger partial charge in [-0.3, -0.25) is 0 Å². The summed E-state index contributed by atoms with van der Waals surface area (Å²) >= 11 is 0. The lowest BCUT2D eigenvalue weighted by atomic mass is 10.0. The molecule has 5 nitrogen and oxygen atoms in total. The number of benzene rings is 1. The minimum absolute atomic E-state index is 0.0142. The van der Waals surface area contributed by atoms with Gasteiger partial charge in [-0.05, 0) is 38.6 Å². The molecular weight excluding hydrogens is 266 g/mol. The maximum absolute atomic E-state index is 9.42. The lowest BCUT2D eigenvalue weighted by molar-refractivity contribution is -0.101. The zero-order valence-electron chi connectivity index (χ0n) is 12.9. The van der Waals surface area contributed by atoms with Crippen LogP contribution < -0.4 is 10.2 Å². The minimum atomic E-state index is -0.345. The monoisotopic (exact) mass is 289 g/mol. The molecule has 5 heteroatoms. The van der Waals surface area contributed by atoms with E-state index < -0.39 is 0 Å². The molecule has 1 heterocycles. The second kappa shape index (κ2) is 6.44. The SMILES string of the molecule is CNCc1ccc(N2CC(CO)OC(C)(C)C2)c(C#N)c1. The molecule has 1 fully saturated rings. The molecule has 1 atom stereocenters. The van der Waals surface area contributed by atoms with Gasteiger partial charge in [0.15, 0.2) is 0 Å². The van der Waals surface area contributed by atoms with Gasteiger partial charge < -0.3 is 20.1 Å². The first-order chi connectivity index (χ1) is 9.99. The first-order valence-electron chi connectivity index (χ1n) is 7.20. The van der Waals surface area contributed by atoms with Crippen molar-refractivity contribution < 1.29 is 9.84 Å². The fourth-order valence-corrected chi connectivity index (χ4v) is 2.84. The van der Waals surface area contributed by atoms with Crippen molar-refractivity contribution >= 4 is 5.69 Å². The van der Waals surface area contributed by atoms with Crippen LogP contribution in [0.1, 0.15) is 25.0 Å². The average Bonchev–Trinajstić information content (AvgIpc) is 2.45. The van der Waals surface area contributed by atoms with Gasteiger partial charge >= 0.3 is 0 Å².